The van der Waals surface area contributed by atoms with Crippen LogP contribution in [0.5, 0.6) is 17.4 Å². The summed E-state index contributed by atoms with van der Waals surface area (Å²) in [6.07, 6.45) is -3.15. The summed E-state index contributed by atoms with van der Waals surface area (Å²) in [6.45, 7) is -0.994. The van der Waals surface area contributed by atoms with Gasteiger partial charge < -0.3 is 24.4 Å². The highest BCUT2D eigenvalue weighted by molar-refractivity contribution is 5.74. The molecular weight excluding hydrogens is 379 g/mol. The first-order chi connectivity index (χ1) is 13.3. The number of carbonyl (C=O) groups excluding carboxylic acids is 1. The van der Waals surface area contributed by atoms with Gasteiger partial charge in [0.2, 0.25) is 12.7 Å². The van der Waals surface area contributed by atoms with Crippen LogP contribution < -0.4 is 19.5 Å². The summed E-state index contributed by atoms with van der Waals surface area (Å²) in [5, 5.41) is 2.64. The van der Waals surface area contributed by atoms with E-state index in [0.29, 0.717) is 23.6 Å². The second kappa shape index (κ2) is 8.24. The van der Waals surface area contributed by atoms with Crippen molar-refractivity contribution in [1.29, 1.82) is 0 Å². The highest BCUT2D eigenvalue weighted by atomic mass is 19.4. The number of halogens is 3. The zero-order chi connectivity index (χ0) is 20.1. The highest BCUT2D eigenvalue weighted by Gasteiger charge is 2.29. The maximum absolute atomic E-state index is 12.3. The Morgan fingerprint density at radius 3 is 2.86 bits per heavy atom. The van der Waals surface area contributed by atoms with Gasteiger partial charge in [-0.25, -0.2) is 9.78 Å². The minimum Gasteiger partial charge on any atom is -0.468 e. The third-order valence-corrected chi connectivity index (χ3v) is 3.86. The van der Waals surface area contributed by atoms with E-state index in [-0.39, 0.29) is 19.2 Å². The second-order valence-electron chi connectivity index (χ2n) is 6.07. The molecule has 1 aliphatic rings. The fraction of sp³-hybridized carbons (Fsp3) is 0.333. The van der Waals surface area contributed by atoms with Crippen LogP contribution in [0.3, 0.4) is 0 Å². The molecule has 0 bridgehead atoms. The van der Waals surface area contributed by atoms with E-state index in [1.165, 1.54) is 17.2 Å². The van der Waals surface area contributed by atoms with Crippen LogP contribution in [-0.2, 0) is 13.1 Å². The second-order valence-corrected chi connectivity index (χ2v) is 6.07. The van der Waals surface area contributed by atoms with Crippen molar-refractivity contribution in [2.45, 2.75) is 19.3 Å². The summed E-state index contributed by atoms with van der Waals surface area (Å²) >= 11 is 0. The van der Waals surface area contributed by atoms with Crippen LogP contribution >= 0.6 is 0 Å². The zero-order valence-electron chi connectivity index (χ0n) is 15.0. The molecule has 1 aromatic carbocycles. The van der Waals surface area contributed by atoms with Crippen molar-refractivity contribution in [2.24, 2.45) is 0 Å². The lowest BCUT2D eigenvalue weighted by atomic mass is 10.2. The van der Waals surface area contributed by atoms with Crippen molar-refractivity contribution >= 4 is 6.03 Å². The van der Waals surface area contributed by atoms with Crippen molar-refractivity contribution in [3.8, 4) is 17.4 Å². The molecule has 0 spiro atoms. The van der Waals surface area contributed by atoms with Gasteiger partial charge in [-0.3, -0.25) is 0 Å². The molecule has 2 amide bonds. The molecule has 0 fully saturated rings. The van der Waals surface area contributed by atoms with Crippen molar-refractivity contribution < 1.29 is 32.2 Å². The Morgan fingerprint density at radius 2 is 2.07 bits per heavy atom. The number of fused-ring (bicyclic) bond motifs is 1. The lowest BCUT2D eigenvalue weighted by Crippen LogP contribution is -2.36. The molecule has 3 rings (SSSR count). The van der Waals surface area contributed by atoms with Crippen LogP contribution in [0.25, 0.3) is 0 Å². The van der Waals surface area contributed by atoms with Crippen LogP contribution in [0.1, 0.15) is 11.1 Å². The number of carbonyl (C=O) groups is 1. The fourth-order valence-electron chi connectivity index (χ4n) is 2.53. The van der Waals surface area contributed by atoms with E-state index >= 15 is 0 Å². The van der Waals surface area contributed by atoms with Gasteiger partial charge in [0.25, 0.3) is 0 Å². The predicted octanol–water partition coefficient (Wildman–Crippen LogP) is 3.09. The Hall–Kier alpha value is -3.17. The highest BCUT2D eigenvalue weighted by Crippen LogP contribution is 2.32. The molecule has 10 heteroatoms. The average Bonchev–Trinajstić information content (AvgIpc) is 3.12. The molecule has 28 heavy (non-hydrogen) atoms. The van der Waals surface area contributed by atoms with E-state index in [1.54, 1.807) is 25.2 Å². The van der Waals surface area contributed by atoms with Crippen molar-refractivity contribution in [3.63, 3.8) is 0 Å². The quantitative estimate of drug-likeness (QED) is 0.811. The lowest BCUT2D eigenvalue weighted by Gasteiger charge is -2.19. The van der Waals surface area contributed by atoms with E-state index in [4.69, 9.17) is 14.2 Å². The summed E-state index contributed by atoms with van der Waals surface area (Å²) in [6, 6.07) is 8.07. The van der Waals surface area contributed by atoms with Gasteiger partial charge >= 0.3 is 12.2 Å². The Morgan fingerprint density at radius 1 is 1.29 bits per heavy atom. The molecule has 2 aromatic rings. The Balaban J connectivity index is 1.55. The van der Waals surface area contributed by atoms with Crippen molar-refractivity contribution in [2.75, 3.05) is 20.4 Å². The molecule has 0 saturated carbocycles. The molecule has 1 aliphatic heterocycles. The van der Waals surface area contributed by atoms with E-state index in [0.717, 1.165) is 5.56 Å². The number of hydrogen-bond acceptors (Lipinski definition) is 5. The maximum Gasteiger partial charge on any atom is 0.422 e. The SMILES string of the molecule is CN(Cc1ccc2c(c1)OCO2)C(=O)NCc1cccnc1OCC(F)(F)F. The predicted molar refractivity (Wildman–Crippen MR) is 92.1 cm³/mol. The minimum atomic E-state index is -4.47. The van der Waals surface area contributed by atoms with Gasteiger partial charge in [0.05, 0.1) is 0 Å². The van der Waals surface area contributed by atoms with Crippen molar-refractivity contribution in [3.05, 3.63) is 47.7 Å². The molecule has 0 unspecified atom stereocenters. The van der Waals surface area contributed by atoms with Gasteiger partial charge in [-0.2, -0.15) is 13.2 Å². The molecule has 0 radical (unpaired) electrons. The van der Waals surface area contributed by atoms with Gasteiger partial charge in [-0.15, -0.1) is 0 Å². The largest absolute Gasteiger partial charge is 0.468 e. The van der Waals surface area contributed by atoms with Crippen LogP contribution in [-0.4, -0.2) is 42.5 Å². The number of urea groups is 1. The number of alkyl halides is 3. The van der Waals surface area contributed by atoms with Crippen LogP contribution in [0, 0.1) is 0 Å². The van der Waals surface area contributed by atoms with Crippen LogP contribution in [0.2, 0.25) is 0 Å². The summed E-state index contributed by atoms with van der Waals surface area (Å²) in [5.74, 6) is 1.10. The van der Waals surface area contributed by atoms with E-state index < -0.39 is 18.8 Å². The Bertz CT molecular complexity index is 845. The first kappa shape index (κ1) is 19.6. The monoisotopic (exact) mass is 397 g/mol. The third kappa shape index (κ3) is 5.18. The first-order valence-electron chi connectivity index (χ1n) is 8.33. The number of hydrogen-bond donors (Lipinski definition) is 1. The van der Waals surface area contributed by atoms with Gasteiger partial charge in [-0.05, 0) is 23.8 Å². The molecule has 0 atom stereocenters. The van der Waals surface area contributed by atoms with E-state index in [2.05, 4.69) is 10.3 Å². The molecule has 7 nitrogen and oxygen atoms in total. The number of rotatable bonds is 6. The van der Waals surface area contributed by atoms with Gasteiger partial charge in [0.15, 0.2) is 18.1 Å². The number of nitrogens with one attached hydrogen (secondary N) is 1. The first-order valence-corrected chi connectivity index (χ1v) is 8.33. The lowest BCUT2D eigenvalue weighted by molar-refractivity contribution is -0.154. The minimum absolute atomic E-state index is 0.0225. The van der Waals surface area contributed by atoms with Gasteiger partial charge in [-0.1, -0.05) is 12.1 Å². The molecule has 1 aromatic heterocycles. The summed E-state index contributed by atoms with van der Waals surface area (Å²) in [4.78, 5) is 17.5. The summed E-state index contributed by atoms with van der Waals surface area (Å²) in [7, 11) is 1.60. The third-order valence-electron chi connectivity index (χ3n) is 3.86. The maximum atomic E-state index is 12.3. The molecule has 1 N–H and O–H groups in total. The average molecular weight is 397 g/mol. The normalized spacial score (nSPS) is 12.6. The zero-order valence-corrected chi connectivity index (χ0v) is 15.0. The van der Waals surface area contributed by atoms with Crippen molar-refractivity contribution in [1.82, 2.24) is 15.2 Å². The fourth-order valence-corrected chi connectivity index (χ4v) is 2.53. The topological polar surface area (TPSA) is 72.9 Å². The number of amides is 2. The molecule has 150 valence electrons. The smallest absolute Gasteiger partial charge is 0.422 e. The number of benzene rings is 1. The van der Waals surface area contributed by atoms with E-state index in [1.807, 2.05) is 6.07 Å². The molecular formula is C18H18F3N3O4. The molecule has 0 saturated heterocycles. The van der Waals surface area contributed by atoms with Gasteiger partial charge in [0.1, 0.15) is 0 Å². The summed E-state index contributed by atoms with van der Waals surface area (Å²) < 4.78 is 52.3. The summed E-state index contributed by atoms with van der Waals surface area (Å²) in [5.41, 5.74) is 1.19. The molecule has 0 aliphatic carbocycles. The standard InChI is InChI=1S/C18H18F3N3O4/c1-24(9-12-4-5-14-15(7-12)28-11-27-14)17(25)23-8-13-3-2-6-22-16(13)26-10-18(19,20)21/h2-7H,8-11H2,1H3,(H,23,25). The van der Waals surface area contributed by atoms with E-state index in [9.17, 15) is 18.0 Å². The van der Waals surface area contributed by atoms with Crippen LogP contribution in [0.4, 0.5) is 18.0 Å². The Kier molecular flexibility index (Phi) is 5.76. The van der Waals surface area contributed by atoms with Gasteiger partial charge in [0, 0.05) is 31.9 Å². The van der Waals surface area contributed by atoms with Crippen LogP contribution in [0.15, 0.2) is 36.5 Å². The molecule has 2 heterocycles. The number of aromatic nitrogens is 1. The number of nitrogens with zero attached hydrogens (tertiary/aromatic N) is 2. The number of pyridine rings is 1. The number of ether oxygens (including phenoxy) is 3. The Labute approximate surface area is 159 Å².